The number of methoxy groups -OCH3 is 1. The zero-order chi connectivity index (χ0) is 23.4. The van der Waals surface area contributed by atoms with Crippen molar-refractivity contribution in [2.45, 2.75) is 31.2 Å². The van der Waals surface area contributed by atoms with Crippen LogP contribution in [0.25, 0.3) is 10.9 Å². The van der Waals surface area contributed by atoms with E-state index in [1.165, 1.54) is 36.6 Å². The molecule has 0 fully saturated rings. The summed E-state index contributed by atoms with van der Waals surface area (Å²) in [6.45, 7) is 4.40. The molecule has 168 valence electrons. The number of pyridine rings is 1. The van der Waals surface area contributed by atoms with Crippen LogP contribution in [0, 0.1) is 19.7 Å². The normalized spacial score (nSPS) is 10.9. The van der Waals surface area contributed by atoms with Gasteiger partial charge in [-0.3, -0.25) is 0 Å². The Morgan fingerprint density at radius 1 is 1.03 bits per heavy atom. The summed E-state index contributed by atoms with van der Waals surface area (Å²) in [6, 6.07) is 20.0. The van der Waals surface area contributed by atoms with Crippen LogP contribution in [0.2, 0.25) is 0 Å². The molecule has 0 saturated heterocycles. The summed E-state index contributed by atoms with van der Waals surface area (Å²) in [5, 5.41) is 1.26. The molecule has 0 N–H and O–H groups in total. The molecule has 4 rings (SSSR count). The van der Waals surface area contributed by atoms with Crippen LogP contribution in [-0.4, -0.2) is 18.1 Å². The monoisotopic (exact) mass is 461 g/mol. The van der Waals surface area contributed by atoms with Gasteiger partial charge < -0.3 is 9.47 Å². The Balaban J connectivity index is 1.75. The van der Waals surface area contributed by atoms with Gasteiger partial charge in [0.1, 0.15) is 28.8 Å². The van der Waals surface area contributed by atoms with E-state index in [4.69, 9.17) is 14.5 Å². The lowest BCUT2D eigenvalue weighted by atomic mass is 10.1. The second kappa shape index (κ2) is 10.0. The van der Waals surface area contributed by atoms with Crippen molar-refractivity contribution in [3.05, 3.63) is 100 Å². The maximum Gasteiger partial charge on any atom is 0.344 e. The first kappa shape index (κ1) is 22.8. The van der Waals surface area contributed by atoms with Gasteiger partial charge in [-0.05, 0) is 54.8 Å². The number of nitrogens with zero attached hydrogens (tertiary/aromatic N) is 1. The molecule has 0 aliphatic carbocycles. The van der Waals surface area contributed by atoms with E-state index in [2.05, 4.69) is 6.07 Å². The zero-order valence-corrected chi connectivity index (χ0v) is 19.5. The van der Waals surface area contributed by atoms with Gasteiger partial charge in [0.05, 0.1) is 12.6 Å². The average molecular weight is 462 g/mol. The van der Waals surface area contributed by atoms with Gasteiger partial charge >= 0.3 is 5.97 Å². The predicted molar refractivity (Wildman–Crippen MR) is 129 cm³/mol. The molecule has 4 nitrogen and oxygen atoms in total. The van der Waals surface area contributed by atoms with E-state index in [0.29, 0.717) is 28.7 Å². The number of halogens is 1. The highest BCUT2D eigenvalue weighted by Crippen LogP contribution is 2.37. The van der Waals surface area contributed by atoms with E-state index in [1.807, 2.05) is 50.2 Å². The number of rotatable bonds is 7. The van der Waals surface area contributed by atoms with Crippen molar-refractivity contribution in [2.24, 2.45) is 0 Å². The molecule has 3 aromatic carbocycles. The Bertz CT molecular complexity index is 1310. The third kappa shape index (κ3) is 5.17. The molecular weight excluding hydrogens is 437 g/mol. The highest BCUT2D eigenvalue weighted by atomic mass is 32.2. The van der Waals surface area contributed by atoms with Gasteiger partial charge in [0, 0.05) is 11.1 Å². The maximum atomic E-state index is 13.3. The average Bonchev–Trinajstić information content (AvgIpc) is 2.82. The van der Waals surface area contributed by atoms with E-state index < -0.39 is 5.97 Å². The molecule has 4 aromatic rings. The van der Waals surface area contributed by atoms with Crippen LogP contribution in [0.1, 0.15) is 32.6 Å². The first-order valence-corrected chi connectivity index (χ1v) is 11.5. The molecule has 1 aromatic heterocycles. The number of aryl methyl sites for hydroxylation is 2. The Morgan fingerprint density at radius 3 is 2.52 bits per heavy atom. The van der Waals surface area contributed by atoms with Gasteiger partial charge in [-0.25, -0.2) is 14.2 Å². The Morgan fingerprint density at radius 2 is 1.79 bits per heavy atom. The second-order valence-electron chi connectivity index (χ2n) is 7.76. The van der Waals surface area contributed by atoms with Crippen molar-refractivity contribution in [2.75, 3.05) is 7.11 Å². The van der Waals surface area contributed by atoms with E-state index in [1.54, 1.807) is 12.1 Å². The first-order valence-electron chi connectivity index (χ1n) is 10.5. The first-order chi connectivity index (χ1) is 16.0. The largest absolute Gasteiger partial charge is 0.487 e. The molecule has 0 spiro atoms. The zero-order valence-electron chi connectivity index (χ0n) is 18.7. The maximum absolute atomic E-state index is 13.3. The van der Waals surface area contributed by atoms with Gasteiger partial charge in [0.15, 0.2) is 0 Å². The number of fused-ring (bicyclic) bond motifs is 1. The number of thioether (sulfide) groups is 1. The van der Waals surface area contributed by atoms with Crippen molar-refractivity contribution in [1.82, 2.24) is 4.98 Å². The number of hydrogen-bond acceptors (Lipinski definition) is 5. The fourth-order valence-corrected chi connectivity index (χ4v) is 4.57. The number of benzene rings is 3. The highest BCUT2D eigenvalue weighted by Gasteiger charge is 2.24. The molecule has 0 unspecified atom stereocenters. The highest BCUT2D eigenvalue weighted by molar-refractivity contribution is 7.98. The molecule has 0 amide bonds. The van der Waals surface area contributed by atoms with Crippen LogP contribution in [-0.2, 0) is 17.1 Å². The lowest BCUT2D eigenvalue weighted by Gasteiger charge is -2.17. The Kier molecular flexibility index (Phi) is 6.94. The van der Waals surface area contributed by atoms with Crippen LogP contribution in [0.5, 0.6) is 5.75 Å². The van der Waals surface area contributed by atoms with Crippen LogP contribution in [0.4, 0.5) is 4.39 Å². The fourth-order valence-electron chi connectivity index (χ4n) is 3.59. The summed E-state index contributed by atoms with van der Waals surface area (Å²) in [5.74, 6) is 0.177. The number of esters is 1. The lowest BCUT2D eigenvalue weighted by Crippen LogP contribution is -2.10. The summed E-state index contributed by atoms with van der Waals surface area (Å²) in [6.07, 6.45) is 0. The molecule has 33 heavy (non-hydrogen) atoms. The van der Waals surface area contributed by atoms with Gasteiger partial charge in [0.2, 0.25) is 0 Å². The third-order valence-corrected chi connectivity index (χ3v) is 6.41. The minimum absolute atomic E-state index is 0.287. The summed E-state index contributed by atoms with van der Waals surface area (Å²) < 4.78 is 24.7. The second-order valence-corrected chi connectivity index (χ2v) is 8.73. The molecule has 0 saturated carbocycles. The van der Waals surface area contributed by atoms with Gasteiger partial charge in [0.25, 0.3) is 0 Å². The molecule has 1 heterocycles. The quantitative estimate of drug-likeness (QED) is 0.228. The van der Waals surface area contributed by atoms with Gasteiger partial charge in [-0.15, -0.1) is 11.8 Å². The summed E-state index contributed by atoms with van der Waals surface area (Å²) in [7, 11) is 1.35. The molecular formula is C27H24FNO3S. The van der Waals surface area contributed by atoms with E-state index in [-0.39, 0.29) is 5.82 Å². The lowest BCUT2D eigenvalue weighted by molar-refractivity contribution is 0.0590. The molecule has 0 bridgehead atoms. The Hall–Kier alpha value is -3.38. The topological polar surface area (TPSA) is 48.4 Å². The summed E-state index contributed by atoms with van der Waals surface area (Å²) in [5.41, 5.74) is 5.29. The number of ether oxygens (including phenoxy) is 2. The van der Waals surface area contributed by atoms with Crippen LogP contribution in [0.15, 0.2) is 71.8 Å². The van der Waals surface area contributed by atoms with Crippen molar-refractivity contribution in [1.29, 1.82) is 0 Å². The van der Waals surface area contributed by atoms with Crippen molar-refractivity contribution < 1.29 is 18.7 Å². The third-order valence-electron chi connectivity index (χ3n) is 5.36. The molecule has 0 aliphatic rings. The molecule has 6 heteroatoms. The Labute approximate surface area is 196 Å². The minimum atomic E-state index is -0.509. The summed E-state index contributed by atoms with van der Waals surface area (Å²) >= 11 is 1.39. The number of hydrogen-bond donors (Lipinski definition) is 0. The molecule has 0 aliphatic heterocycles. The van der Waals surface area contributed by atoms with E-state index in [0.717, 1.165) is 27.6 Å². The standard InChI is InChI=1S/C27H24FNO3S/c1-17-8-11-20(18(2)14-17)15-32-25-22-6-4-5-7-23(22)29-26(24(25)27(30)31-3)33-16-19-9-12-21(28)13-10-19/h4-14H,15-16H2,1-3H3. The van der Waals surface area contributed by atoms with Crippen molar-refractivity contribution in [3.8, 4) is 5.75 Å². The van der Waals surface area contributed by atoms with Crippen molar-refractivity contribution in [3.63, 3.8) is 0 Å². The number of carbonyl (C=O) groups excluding carboxylic acids is 1. The smallest absolute Gasteiger partial charge is 0.344 e. The van der Waals surface area contributed by atoms with E-state index >= 15 is 0 Å². The molecule has 0 radical (unpaired) electrons. The number of carbonyl (C=O) groups is 1. The summed E-state index contributed by atoms with van der Waals surface area (Å²) in [4.78, 5) is 17.6. The number of aromatic nitrogens is 1. The number of para-hydroxylation sites is 1. The SMILES string of the molecule is COC(=O)c1c(SCc2ccc(F)cc2)nc2ccccc2c1OCc1ccc(C)cc1C. The predicted octanol–water partition coefficient (Wildman–Crippen LogP) is 6.65. The van der Waals surface area contributed by atoms with E-state index in [9.17, 15) is 9.18 Å². The fraction of sp³-hybridized carbons (Fsp3) is 0.185. The van der Waals surface area contributed by atoms with Crippen LogP contribution < -0.4 is 4.74 Å². The van der Waals surface area contributed by atoms with Crippen molar-refractivity contribution >= 4 is 28.6 Å². The van der Waals surface area contributed by atoms with Crippen LogP contribution >= 0.6 is 11.8 Å². The van der Waals surface area contributed by atoms with Gasteiger partial charge in [-0.2, -0.15) is 0 Å². The minimum Gasteiger partial charge on any atom is -0.487 e. The molecule has 0 atom stereocenters. The van der Waals surface area contributed by atoms with Crippen LogP contribution in [0.3, 0.4) is 0 Å². The van der Waals surface area contributed by atoms with Gasteiger partial charge in [-0.1, -0.05) is 48.0 Å².